The van der Waals surface area contributed by atoms with E-state index in [-0.39, 0.29) is 5.75 Å². The summed E-state index contributed by atoms with van der Waals surface area (Å²) in [6, 6.07) is 3.40. The van der Waals surface area contributed by atoms with Crippen LogP contribution in [0.2, 0.25) is 5.02 Å². The lowest BCUT2D eigenvalue weighted by atomic mass is 10.2. The standard InChI is InChI=1S/C7H6ClIO/c1-4-2-5(8)7(10)3-6(4)9/h2-3,10H,1H3. The van der Waals surface area contributed by atoms with Crippen molar-refractivity contribution in [1.82, 2.24) is 0 Å². The van der Waals surface area contributed by atoms with E-state index in [4.69, 9.17) is 16.7 Å². The molecule has 0 amide bonds. The van der Waals surface area contributed by atoms with Crippen LogP contribution in [0.25, 0.3) is 0 Å². The molecule has 0 heterocycles. The second-order valence-corrected chi connectivity index (χ2v) is 3.62. The average Bonchev–Trinajstić information content (AvgIpc) is 1.84. The molecule has 0 atom stereocenters. The lowest BCUT2D eigenvalue weighted by molar-refractivity contribution is 0.475. The van der Waals surface area contributed by atoms with Gasteiger partial charge in [-0.05, 0) is 47.2 Å². The molecule has 1 aromatic carbocycles. The summed E-state index contributed by atoms with van der Waals surface area (Å²) >= 11 is 7.78. The van der Waals surface area contributed by atoms with E-state index in [2.05, 4.69) is 22.6 Å². The Balaban J connectivity index is 3.28. The summed E-state index contributed by atoms with van der Waals surface area (Å²) in [4.78, 5) is 0. The third-order valence-electron chi connectivity index (χ3n) is 1.23. The molecule has 0 fully saturated rings. The van der Waals surface area contributed by atoms with Crippen molar-refractivity contribution < 1.29 is 5.11 Å². The van der Waals surface area contributed by atoms with Crippen molar-refractivity contribution in [3.8, 4) is 5.75 Å². The van der Waals surface area contributed by atoms with Crippen LogP contribution in [0.5, 0.6) is 5.75 Å². The van der Waals surface area contributed by atoms with Crippen molar-refractivity contribution in [3.05, 3.63) is 26.3 Å². The molecular weight excluding hydrogens is 262 g/mol. The maximum atomic E-state index is 9.09. The van der Waals surface area contributed by atoms with Gasteiger partial charge in [0.05, 0.1) is 5.02 Å². The Morgan fingerprint density at radius 1 is 1.50 bits per heavy atom. The van der Waals surface area contributed by atoms with Crippen LogP contribution in [-0.4, -0.2) is 5.11 Å². The van der Waals surface area contributed by atoms with Gasteiger partial charge in [0.2, 0.25) is 0 Å². The number of aromatic hydroxyl groups is 1. The van der Waals surface area contributed by atoms with Crippen molar-refractivity contribution in [1.29, 1.82) is 0 Å². The number of hydrogen-bond acceptors (Lipinski definition) is 1. The molecule has 54 valence electrons. The van der Waals surface area contributed by atoms with E-state index in [9.17, 15) is 0 Å². The van der Waals surface area contributed by atoms with Gasteiger partial charge < -0.3 is 5.11 Å². The Kier molecular flexibility index (Phi) is 2.41. The van der Waals surface area contributed by atoms with E-state index in [0.29, 0.717) is 5.02 Å². The van der Waals surface area contributed by atoms with Gasteiger partial charge in [-0.3, -0.25) is 0 Å². The van der Waals surface area contributed by atoms with Crippen LogP contribution in [0.1, 0.15) is 5.56 Å². The van der Waals surface area contributed by atoms with Gasteiger partial charge in [-0.2, -0.15) is 0 Å². The molecule has 0 spiro atoms. The van der Waals surface area contributed by atoms with E-state index in [1.54, 1.807) is 12.1 Å². The van der Waals surface area contributed by atoms with E-state index >= 15 is 0 Å². The Hall–Kier alpha value is 0.0400. The normalized spacial score (nSPS) is 9.90. The third kappa shape index (κ3) is 1.55. The molecule has 0 saturated carbocycles. The van der Waals surface area contributed by atoms with E-state index in [0.717, 1.165) is 9.13 Å². The van der Waals surface area contributed by atoms with Crippen LogP contribution < -0.4 is 0 Å². The van der Waals surface area contributed by atoms with Crippen LogP contribution in [0.3, 0.4) is 0 Å². The summed E-state index contributed by atoms with van der Waals surface area (Å²) in [5.41, 5.74) is 1.09. The van der Waals surface area contributed by atoms with Crippen LogP contribution in [0, 0.1) is 10.5 Å². The fourth-order valence-electron chi connectivity index (χ4n) is 0.636. The van der Waals surface area contributed by atoms with Crippen LogP contribution in [0.15, 0.2) is 12.1 Å². The molecule has 1 aromatic rings. The van der Waals surface area contributed by atoms with E-state index in [1.807, 2.05) is 6.92 Å². The van der Waals surface area contributed by atoms with Gasteiger partial charge >= 0.3 is 0 Å². The van der Waals surface area contributed by atoms with Gasteiger partial charge in [-0.25, -0.2) is 0 Å². The van der Waals surface area contributed by atoms with Crippen LogP contribution in [0.4, 0.5) is 0 Å². The highest BCUT2D eigenvalue weighted by atomic mass is 127. The summed E-state index contributed by atoms with van der Waals surface area (Å²) in [7, 11) is 0. The number of hydrogen-bond donors (Lipinski definition) is 1. The first kappa shape index (κ1) is 8.14. The lowest BCUT2D eigenvalue weighted by Crippen LogP contribution is -1.79. The van der Waals surface area contributed by atoms with Crippen molar-refractivity contribution in [2.45, 2.75) is 6.92 Å². The second kappa shape index (κ2) is 2.96. The molecule has 3 heteroatoms. The smallest absolute Gasteiger partial charge is 0.135 e. The molecule has 1 rings (SSSR count). The summed E-state index contributed by atoms with van der Waals surface area (Å²) in [5.74, 6) is 0.150. The topological polar surface area (TPSA) is 20.2 Å². The Morgan fingerprint density at radius 3 is 2.60 bits per heavy atom. The zero-order valence-electron chi connectivity index (χ0n) is 5.36. The minimum atomic E-state index is 0.150. The monoisotopic (exact) mass is 268 g/mol. The maximum absolute atomic E-state index is 9.09. The quantitative estimate of drug-likeness (QED) is 0.717. The average molecular weight is 268 g/mol. The summed E-state index contributed by atoms with van der Waals surface area (Å²) in [5, 5.41) is 9.50. The molecule has 0 aliphatic rings. The van der Waals surface area contributed by atoms with Gasteiger partial charge in [0.15, 0.2) is 0 Å². The molecule has 0 radical (unpaired) electrons. The number of aryl methyl sites for hydroxylation is 1. The molecule has 0 aromatic heterocycles. The second-order valence-electron chi connectivity index (χ2n) is 2.05. The molecule has 10 heavy (non-hydrogen) atoms. The Labute approximate surface area is 78.2 Å². The van der Waals surface area contributed by atoms with Gasteiger partial charge in [-0.15, -0.1) is 0 Å². The highest BCUT2D eigenvalue weighted by molar-refractivity contribution is 14.1. The van der Waals surface area contributed by atoms with Gasteiger partial charge in [0.1, 0.15) is 5.75 Å². The summed E-state index contributed by atoms with van der Waals surface area (Å²) in [6.45, 7) is 1.95. The molecule has 0 aliphatic carbocycles. The Bertz CT molecular complexity index is 210. The number of halogens is 2. The summed E-state index contributed by atoms with van der Waals surface area (Å²) < 4.78 is 1.03. The number of phenolic OH excluding ortho intramolecular Hbond substituents is 1. The SMILES string of the molecule is Cc1cc(Cl)c(O)cc1I. The lowest BCUT2D eigenvalue weighted by Gasteiger charge is -1.99. The van der Waals surface area contributed by atoms with Gasteiger partial charge in [0.25, 0.3) is 0 Å². The van der Waals surface area contributed by atoms with Crippen molar-refractivity contribution in [3.63, 3.8) is 0 Å². The molecule has 1 N–H and O–H groups in total. The third-order valence-corrected chi connectivity index (χ3v) is 2.69. The maximum Gasteiger partial charge on any atom is 0.135 e. The fourth-order valence-corrected chi connectivity index (χ4v) is 1.30. The highest BCUT2D eigenvalue weighted by Crippen LogP contribution is 2.27. The predicted octanol–water partition coefficient (Wildman–Crippen LogP) is 2.96. The van der Waals surface area contributed by atoms with E-state index in [1.165, 1.54) is 0 Å². The number of benzene rings is 1. The first-order valence-electron chi connectivity index (χ1n) is 2.76. The molecule has 0 aliphatic heterocycles. The molecular formula is C7H6ClIO. The van der Waals surface area contributed by atoms with Crippen LogP contribution in [-0.2, 0) is 0 Å². The Morgan fingerprint density at radius 2 is 2.10 bits per heavy atom. The molecule has 0 unspecified atom stereocenters. The zero-order valence-corrected chi connectivity index (χ0v) is 8.27. The summed E-state index contributed by atoms with van der Waals surface area (Å²) in [6.07, 6.45) is 0. The fraction of sp³-hybridized carbons (Fsp3) is 0.143. The zero-order chi connectivity index (χ0) is 7.72. The highest BCUT2D eigenvalue weighted by Gasteiger charge is 2.00. The number of phenols is 1. The van der Waals surface area contributed by atoms with E-state index < -0.39 is 0 Å². The van der Waals surface area contributed by atoms with Crippen molar-refractivity contribution in [2.75, 3.05) is 0 Å². The first-order valence-corrected chi connectivity index (χ1v) is 4.21. The molecule has 0 bridgehead atoms. The first-order chi connectivity index (χ1) is 4.61. The minimum absolute atomic E-state index is 0.150. The van der Waals surface area contributed by atoms with Gasteiger partial charge in [-0.1, -0.05) is 11.6 Å². The molecule has 1 nitrogen and oxygen atoms in total. The van der Waals surface area contributed by atoms with Crippen molar-refractivity contribution >= 4 is 34.2 Å². The van der Waals surface area contributed by atoms with Crippen molar-refractivity contribution in [2.24, 2.45) is 0 Å². The predicted molar refractivity (Wildman–Crippen MR) is 50.6 cm³/mol. The molecule has 0 saturated heterocycles. The van der Waals surface area contributed by atoms with Crippen LogP contribution >= 0.6 is 34.2 Å². The minimum Gasteiger partial charge on any atom is -0.506 e. The number of rotatable bonds is 0. The van der Waals surface area contributed by atoms with Gasteiger partial charge in [0, 0.05) is 3.57 Å². The largest absolute Gasteiger partial charge is 0.506 e.